The van der Waals surface area contributed by atoms with Gasteiger partial charge in [-0.15, -0.1) is 0 Å². The maximum Gasteiger partial charge on any atom is 0.270 e. The maximum absolute atomic E-state index is 11.5. The number of aliphatic hydroxyl groups excluding tert-OH is 1. The SMILES string of the molecule is C[C@H]([C@@H](O)C(F)F)[N+](=O)[O-]. The molecule has 0 aromatic rings. The lowest BCUT2D eigenvalue weighted by molar-refractivity contribution is -0.533. The van der Waals surface area contributed by atoms with Crippen molar-refractivity contribution in [3.05, 3.63) is 10.1 Å². The average molecular weight is 155 g/mol. The van der Waals surface area contributed by atoms with Crippen molar-refractivity contribution in [1.29, 1.82) is 0 Å². The predicted octanol–water partition coefficient (Wildman–Crippen LogP) is 0.278. The normalized spacial score (nSPS) is 16.9. The van der Waals surface area contributed by atoms with Gasteiger partial charge < -0.3 is 5.11 Å². The van der Waals surface area contributed by atoms with Gasteiger partial charge in [-0.05, 0) is 0 Å². The van der Waals surface area contributed by atoms with Crippen LogP contribution in [0.1, 0.15) is 6.92 Å². The number of alkyl halides is 2. The van der Waals surface area contributed by atoms with Gasteiger partial charge in [0.2, 0.25) is 6.04 Å². The second-order valence-electron chi connectivity index (χ2n) is 1.85. The Kier molecular flexibility index (Phi) is 3.14. The van der Waals surface area contributed by atoms with Crippen molar-refractivity contribution in [3.8, 4) is 0 Å². The minimum absolute atomic E-state index is 0.927. The molecule has 0 spiro atoms. The van der Waals surface area contributed by atoms with Gasteiger partial charge in [-0.2, -0.15) is 0 Å². The van der Waals surface area contributed by atoms with Crippen LogP contribution in [0.5, 0.6) is 0 Å². The van der Waals surface area contributed by atoms with Gasteiger partial charge in [-0.1, -0.05) is 0 Å². The van der Waals surface area contributed by atoms with Gasteiger partial charge in [0.05, 0.1) is 0 Å². The van der Waals surface area contributed by atoms with Crippen LogP contribution in [0, 0.1) is 10.1 Å². The molecule has 6 heteroatoms. The maximum atomic E-state index is 11.5. The van der Waals surface area contributed by atoms with E-state index in [2.05, 4.69) is 0 Å². The molecular formula is C4H7F2NO3. The molecule has 0 aliphatic heterocycles. The third-order valence-electron chi connectivity index (χ3n) is 1.08. The molecule has 2 atom stereocenters. The molecule has 0 aliphatic rings. The zero-order chi connectivity index (χ0) is 8.31. The second kappa shape index (κ2) is 3.40. The molecule has 0 aromatic carbocycles. The summed E-state index contributed by atoms with van der Waals surface area (Å²) in [5, 5.41) is 18.1. The van der Waals surface area contributed by atoms with E-state index < -0.39 is 23.5 Å². The molecule has 0 saturated carbocycles. The summed E-state index contributed by atoms with van der Waals surface area (Å²) in [5.74, 6) is 0. The van der Waals surface area contributed by atoms with Gasteiger partial charge in [0, 0.05) is 11.8 Å². The first kappa shape index (κ1) is 9.22. The molecule has 0 heterocycles. The molecule has 0 fully saturated rings. The summed E-state index contributed by atoms with van der Waals surface area (Å²) in [4.78, 5) is 8.81. The van der Waals surface area contributed by atoms with Crippen molar-refractivity contribution < 1.29 is 18.8 Å². The van der Waals surface area contributed by atoms with Crippen LogP contribution in [0.25, 0.3) is 0 Å². The standard InChI is InChI=1S/C4H7F2NO3/c1-2(7(9)10)3(8)4(5)6/h2-4,8H,1H3/t2-,3-/m1/s1. The number of rotatable bonds is 3. The Labute approximate surface area is 55.6 Å². The lowest BCUT2D eigenvalue weighted by Crippen LogP contribution is -2.36. The topological polar surface area (TPSA) is 63.4 Å². The minimum atomic E-state index is -3.06. The highest BCUT2D eigenvalue weighted by Crippen LogP contribution is 2.06. The van der Waals surface area contributed by atoms with Crippen LogP contribution in [-0.2, 0) is 0 Å². The van der Waals surface area contributed by atoms with Crippen molar-refractivity contribution in [2.75, 3.05) is 0 Å². The number of hydrogen-bond acceptors (Lipinski definition) is 3. The Balaban J connectivity index is 3.94. The first-order chi connectivity index (χ1) is 4.46. The van der Waals surface area contributed by atoms with Crippen LogP contribution in [0.3, 0.4) is 0 Å². The lowest BCUT2D eigenvalue weighted by Gasteiger charge is -2.09. The van der Waals surface area contributed by atoms with E-state index in [-0.39, 0.29) is 0 Å². The number of nitrogens with zero attached hydrogens (tertiary/aromatic N) is 1. The summed E-state index contributed by atoms with van der Waals surface area (Å²) < 4.78 is 23.0. The molecule has 0 unspecified atom stereocenters. The molecule has 0 rings (SSSR count). The summed E-state index contributed by atoms with van der Waals surface area (Å²) >= 11 is 0. The average Bonchev–Trinajstić information content (AvgIpc) is 1.84. The fraction of sp³-hybridized carbons (Fsp3) is 1.00. The summed E-state index contributed by atoms with van der Waals surface area (Å²) in [5.41, 5.74) is 0. The summed E-state index contributed by atoms with van der Waals surface area (Å²) in [6.45, 7) is 0.927. The first-order valence-corrected chi connectivity index (χ1v) is 2.56. The van der Waals surface area contributed by atoms with Crippen LogP contribution in [0.4, 0.5) is 8.78 Å². The molecule has 0 aliphatic carbocycles. The van der Waals surface area contributed by atoms with E-state index >= 15 is 0 Å². The highest BCUT2D eigenvalue weighted by atomic mass is 19.3. The Morgan fingerprint density at radius 3 is 2.10 bits per heavy atom. The Morgan fingerprint density at radius 1 is 1.60 bits per heavy atom. The Hall–Kier alpha value is -0.780. The molecule has 0 aromatic heterocycles. The van der Waals surface area contributed by atoms with Crippen LogP contribution >= 0.6 is 0 Å². The Morgan fingerprint density at radius 2 is 2.00 bits per heavy atom. The third kappa shape index (κ3) is 2.22. The molecular weight excluding hydrogens is 148 g/mol. The number of nitro groups is 1. The first-order valence-electron chi connectivity index (χ1n) is 2.56. The van der Waals surface area contributed by atoms with Crippen molar-refractivity contribution in [2.45, 2.75) is 25.5 Å². The van der Waals surface area contributed by atoms with Crippen molar-refractivity contribution >= 4 is 0 Å². The molecule has 0 bridgehead atoms. The molecule has 10 heavy (non-hydrogen) atoms. The van der Waals surface area contributed by atoms with E-state index in [4.69, 9.17) is 5.11 Å². The van der Waals surface area contributed by atoms with E-state index in [9.17, 15) is 18.9 Å². The smallest absolute Gasteiger partial charge is 0.270 e. The molecule has 0 amide bonds. The summed E-state index contributed by atoms with van der Waals surface area (Å²) in [6.07, 6.45) is -5.23. The van der Waals surface area contributed by atoms with Gasteiger partial charge in [0.1, 0.15) is 0 Å². The summed E-state index contributed by atoms with van der Waals surface area (Å²) in [6, 6.07) is -1.61. The molecule has 4 nitrogen and oxygen atoms in total. The monoisotopic (exact) mass is 155 g/mol. The summed E-state index contributed by atoms with van der Waals surface area (Å²) in [7, 11) is 0. The fourth-order valence-corrected chi connectivity index (χ4v) is 0.335. The van der Waals surface area contributed by atoms with Gasteiger partial charge in [0.15, 0.2) is 6.10 Å². The van der Waals surface area contributed by atoms with Gasteiger partial charge >= 0.3 is 0 Å². The van der Waals surface area contributed by atoms with Crippen LogP contribution in [0.15, 0.2) is 0 Å². The molecule has 1 N–H and O–H groups in total. The number of halogens is 2. The highest BCUT2D eigenvalue weighted by Gasteiger charge is 2.31. The van der Waals surface area contributed by atoms with E-state index in [1.54, 1.807) is 0 Å². The van der Waals surface area contributed by atoms with Crippen LogP contribution in [0.2, 0.25) is 0 Å². The van der Waals surface area contributed by atoms with Gasteiger partial charge in [-0.25, -0.2) is 8.78 Å². The van der Waals surface area contributed by atoms with Crippen molar-refractivity contribution in [1.82, 2.24) is 0 Å². The van der Waals surface area contributed by atoms with Crippen molar-refractivity contribution in [3.63, 3.8) is 0 Å². The predicted molar refractivity (Wildman–Crippen MR) is 28.5 cm³/mol. The van der Waals surface area contributed by atoms with E-state index in [0.717, 1.165) is 6.92 Å². The molecule has 60 valence electrons. The third-order valence-corrected chi connectivity index (χ3v) is 1.08. The number of hydrogen-bond donors (Lipinski definition) is 1. The highest BCUT2D eigenvalue weighted by molar-refractivity contribution is 4.64. The molecule has 0 saturated heterocycles. The van der Waals surface area contributed by atoms with E-state index in [1.807, 2.05) is 0 Å². The molecule has 0 radical (unpaired) electrons. The van der Waals surface area contributed by atoms with Gasteiger partial charge in [-0.3, -0.25) is 10.1 Å². The van der Waals surface area contributed by atoms with Crippen LogP contribution < -0.4 is 0 Å². The lowest BCUT2D eigenvalue weighted by atomic mass is 10.2. The van der Waals surface area contributed by atoms with Crippen molar-refractivity contribution in [2.24, 2.45) is 0 Å². The quantitative estimate of drug-likeness (QED) is 0.470. The number of aliphatic hydroxyl groups is 1. The minimum Gasteiger partial charge on any atom is -0.381 e. The van der Waals surface area contributed by atoms with Gasteiger partial charge in [0.25, 0.3) is 6.43 Å². The zero-order valence-corrected chi connectivity index (χ0v) is 5.20. The largest absolute Gasteiger partial charge is 0.381 e. The second-order valence-corrected chi connectivity index (χ2v) is 1.85. The van der Waals surface area contributed by atoms with Crippen LogP contribution in [-0.4, -0.2) is 28.6 Å². The van der Waals surface area contributed by atoms with E-state index in [0.29, 0.717) is 0 Å². The van der Waals surface area contributed by atoms with E-state index in [1.165, 1.54) is 0 Å². The zero-order valence-electron chi connectivity index (χ0n) is 5.20. The fourth-order valence-electron chi connectivity index (χ4n) is 0.335. The Bertz CT molecular complexity index is 130.